The molecule has 2 fully saturated rings. The fraction of sp³-hybridized carbons (Fsp3) is 1.00. The van der Waals surface area contributed by atoms with Gasteiger partial charge in [0, 0.05) is 11.4 Å². The van der Waals surface area contributed by atoms with Crippen LogP contribution in [0.3, 0.4) is 0 Å². The Hall–Kier alpha value is 0.210. The summed E-state index contributed by atoms with van der Waals surface area (Å²) in [5.41, 5.74) is 0. The third kappa shape index (κ3) is 1.16. The number of nitrogens with one attached hydrogen (secondary N) is 1. The minimum Gasteiger partial charge on any atom is -0.361 e. The van der Waals surface area contributed by atoms with Crippen molar-refractivity contribution < 1.29 is 4.74 Å². The monoisotopic (exact) mass is 161 g/mol. The van der Waals surface area contributed by atoms with Gasteiger partial charge in [-0.2, -0.15) is 0 Å². The lowest BCUT2D eigenvalue weighted by Gasteiger charge is -2.26. The molecule has 1 aliphatic carbocycles. The molecule has 3 atom stereocenters. The van der Waals surface area contributed by atoms with Crippen LogP contribution in [0.15, 0.2) is 0 Å². The molecule has 0 amide bonds. The van der Waals surface area contributed by atoms with Crippen molar-refractivity contribution in [3.8, 4) is 0 Å². The Labute approximate surface area is 65.9 Å². The Morgan fingerprint density at radius 2 is 2.30 bits per heavy atom. The van der Waals surface area contributed by atoms with Gasteiger partial charge < -0.3 is 4.74 Å². The van der Waals surface area contributed by atoms with Crippen molar-refractivity contribution in [2.45, 2.75) is 36.8 Å². The third-order valence-corrected chi connectivity index (χ3v) is 2.76. The zero-order chi connectivity index (χ0) is 6.97. The van der Waals surface area contributed by atoms with E-state index in [0.29, 0.717) is 17.5 Å². The van der Waals surface area contributed by atoms with Crippen molar-refractivity contribution in [2.24, 2.45) is 0 Å². The van der Waals surface area contributed by atoms with E-state index in [1.165, 1.54) is 0 Å². The molecule has 0 aromatic carbocycles. The van der Waals surface area contributed by atoms with Gasteiger partial charge in [-0.1, -0.05) is 0 Å². The molecule has 1 saturated heterocycles. The molecule has 1 saturated carbocycles. The summed E-state index contributed by atoms with van der Waals surface area (Å²) in [6.07, 6.45) is 3.78. The molecular formula is C7H12ClNO. The molecule has 0 aromatic heterocycles. The van der Waals surface area contributed by atoms with Gasteiger partial charge in [0.15, 0.2) is 0 Å². The maximum atomic E-state index is 5.99. The van der Waals surface area contributed by atoms with E-state index in [9.17, 15) is 0 Å². The lowest BCUT2D eigenvalue weighted by atomic mass is 9.93. The van der Waals surface area contributed by atoms with Gasteiger partial charge in [0.1, 0.15) is 0 Å². The highest BCUT2D eigenvalue weighted by molar-refractivity contribution is 6.20. The van der Waals surface area contributed by atoms with Crippen molar-refractivity contribution in [2.75, 3.05) is 6.73 Å². The molecule has 0 radical (unpaired) electrons. The Morgan fingerprint density at radius 3 is 3.20 bits per heavy atom. The predicted molar refractivity (Wildman–Crippen MR) is 40.2 cm³/mol. The van der Waals surface area contributed by atoms with Crippen LogP contribution in [0.2, 0.25) is 0 Å². The minimum atomic E-state index is 0.371. The van der Waals surface area contributed by atoms with Gasteiger partial charge in [-0.05, 0) is 19.3 Å². The molecule has 1 N–H and O–H groups in total. The minimum absolute atomic E-state index is 0.371. The van der Waals surface area contributed by atoms with E-state index in [2.05, 4.69) is 5.32 Å². The molecule has 3 heteroatoms. The second-order valence-electron chi connectivity index (χ2n) is 3.07. The second-order valence-corrected chi connectivity index (χ2v) is 3.69. The third-order valence-electron chi connectivity index (χ3n) is 2.37. The van der Waals surface area contributed by atoms with Crippen molar-refractivity contribution in [3.05, 3.63) is 0 Å². The lowest BCUT2D eigenvalue weighted by Crippen LogP contribution is -2.37. The van der Waals surface area contributed by atoms with E-state index in [4.69, 9.17) is 16.3 Å². The molecular weight excluding hydrogens is 150 g/mol. The zero-order valence-electron chi connectivity index (χ0n) is 5.85. The molecule has 58 valence electrons. The molecule has 2 aliphatic rings. The van der Waals surface area contributed by atoms with Crippen LogP contribution in [-0.2, 0) is 4.74 Å². The van der Waals surface area contributed by atoms with Crippen molar-refractivity contribution in [1.29, 1.82) is 0 Å². The highest BCUT2D eigenvalue weighted by Crippen LogP contribution is 2.27. The predicted octanol–water partition coefficient (Wildman–Crippen LogP) is 1.09. The summed E-state index contributed by atoms with van der Waals surface area (Å²) in [4.78, 5) is 0. The lowest BCUT2D eigenvalue weighted by molar-refractivity contribution is 0.0830. The number of hydrogen-bond donors (Lipinski definition) is 1. The Bertz CT molecular complexity index is 131. The number of ether oxygens (including phenoxy) is 1. The second kappa shape index (κ2) is 2.68. The Morgan fingerprint density at radius 1 is 1.40 bits per heavy atom. The van der Waals surface area contributed by atoms with Crippen LogP contribution in [0.1, 0.15) is 19.3 Å². The molecule has 1 aliphatic heterocycles. The SMILES string of the molecule is ClC1CCC2OCNC2C1. The molecule has 0 bridgehead atoms. The number of fused-ring (bicyclic) bond motifs is 1. The van der Waals surface area contributed by atoms with Crippen molar-refractivity contribution in [1.82, 2.24) is 5.32 Å². The first-order valence-corrected chi connectivity index (χ1v) is 4.29. The smallest absolute Gasteiger partial charge is 0.0972 e. The molecule has 0 aromatic rings. The normalized spacial score (nSPS) is 47.1. The molecule has 10 heavy (non-hydrogen) atoms. The van der Waals surface area contributed by atoms with Gasteiger partial charge in [-0.15, -0.1) is 11.6 Å². The summed E-state index contributed by atoms with van der Waals surface area (Å²) in [5, 5.41) is 3.65. The van der Waals surface area contributed by atoms with Crippen LogP contribution in [0.4, 0.5) is 0 Å². The van der Waals surface area contributed by atoms with E-state index in [1.54, 1.807) is 0 Å². The van der Waals surface area contributed by atoms with Gasteiger partial charge in [-0.25, -0.2) is 0 Å². The van der Waals surface area contributed by atoms with Gasteiger partial charge in [0.2, 0.25) is 0 Å². The topological polar surface area (TPSA) is 21.3 Å². The van der Waals surface area contributed by atoms with E-state index in [1.807, 2.05) is 0 Å². The standard InChI is InChI=1S/C7H12ClNO/c8-5-1-2-7-6(3-5)9-4-10-7/h5-7,9H,1-4H2. The average molecular weight is 162 g/mol. The largest absolute Gasteiger partial charge is 0.361 e. The zero-order valence-corrected chi connectivity index (χ0v) is 6.60. The first-order chi connectivity index (χ1) is 4.86. The summed E-state index contributed by atoms with van der Waals surface area (Å²) in [6, 6.07) is 0.538. The van der Waals surface area contributed by atoms with Crippen LogP contribution in [0.25, 0.3) is 0 Å². The van der Waals surface area contributed by atoms with Gasteiger partial charge in [-0.3, -0.25) is 5.32 Å². The first kappa shape index (κ1) is 6.89. The van der Waals surface area contributed by atoms with Crippen LogP contribution in [-0.4, -0.2) is 24.3 Å². The Kier molecular flexibility index (Phi) is 1.85. The molecule has 3 unspecified atom stereocenters. The summed E-state index contributed by atoms with van der Waals surface area (Å²) in [5.74, 6) is 0. The number of alkyl halides is 1. The van der Waals surface area contributed by atoms with E-state index in [0.717, 1.165) is 26.0 Å². The number of rotatable bonds is 0. The van der Waals surface area contributed by atoms with Crippen molar-refractivity contribution >= 4 is 11.6 Å². The molecule has 2 rings (SSSR count). The first-order valence-electron chi connectivity index (χ1n) is 3.85. The van der Waals surface area contributed by atoms with Crippen LogP contribution >= 0.6 is 11.6 Å². The maximum Gasteiger partial charge on any atom is 0.0972 e. The van der Waals surface area contributed by atoms with Gasteiger partial charge in [0.05, 0.1) is 12.8 Å². The van der Waals surface area contributed by atoms with E-state index in [-0.39, 0.29) is 0 Å². The summed E-state index contributed by atoms with van der Waals surface area (Å²) in [6.45, 7) is 0.721. The molecule has 0 spiro atoms. The summed E-state index contributed by atoms with van der Waals surface area (Å²) < 4.78 is 5.44. The molecule has 1 heterocycles. The fourth-order valence-electron chi connectivity index (χ4n) is 1.77. The highest BCUT2D eigenvalue weighted by Gasteiger charge is 2.33. The average Bonchev–Trinajstić information content (AvgIpc) is 2.33. The summed E-state index contributed by atoms with van der Waals surface area (Å²) >= 11 is 5.99. The number of halogens is 1. The highest BCUT2D eigenvalue weighted by atomic mass is 35.5. The van der Waals surface area contributed by atoms with E-state index >= 15 is 0 Å². The van der Waals surface area contributed by atoms with Crippen LogP contribution < -0.4 is 5.32 Å². The molecule has 2 nitrogen and oxygen atoms in total. The maximum absolute atomic E-state index is 5.99. The summed E-state index contributed by atoms with van der Waals surface area (Å²) in [7, 11) is 0. The van der Waals surface area contributed by atoms with Crippen molar-refractivity contribution in [3.63, 3.8) is 0 Å². The van der Waals surface area contributed by atoms with E-state index < -0.39 is 0 Å². The van der Waals surface area contributed by atoms with Crippen LogP contribution in [0, 0.1) is 0 Å². The van der Waals surface area contributed by atoms with Crippen LogP contribution in [0.5, 0.6) is 0 Å². The fourth-order valence-corrected chi connectivity index (χ4v) is 2.09. The number of hydrogen-bond acceptors (Lipinski definition) is 2. The van der Waals surface area contributed by atoms with Gasteiger partial charge >= 0.3 is 0 Å². The quantitative estimate of drug-likeness (QED) is 0.538. The Balaban J connectivity index is 1.96. The van der Waals surface area contributed by atoms with Gasteiger partial charge in [0.25, 0.3) is 0 Å².